The molecule has 0 radical (unpaired) electrons. The third-order valence-electron chi connectivity index (χ3n) is 4.61. The van der Waals surface area contributed by atoms with Gasteiger partial charge in [-0.2, -0.15) is 5.10 Å². The normalized spacial score (nSPS) is 14.5. The average Bonchev–Trinajstić information content (AvgIpc) is 3.18. The number of benzene rings is 2. The molecule has 2 aromatic carbocycles. The Labute approximate surface area is 172 Å². The van der Waals surface area contributed by atoms with E-state index in [2.05, 4.69) is 15.9 Å². The number of hydrogen-bond donors (Lipinski definition) is 0. The Morgan fingerprint density at radius 3 is 2.46 bits per heavy atom. The Balaban J connectivity index is 1.67. The fraction of sp³-hybridized carbons (Fsp3) is 0.182. The summed E-state index contributed by atoms with van der Waals surface area (Å²) in [6, 6.07) is 18.0. The highest BCUT2D eigenvalue weighted by atomic mass is 79.9. The molecule has 1 saturated heterocycles. The van der Waals surface area contributed by atoms with Gasteiger partial charge in [0, 0.05) is 41.0 Å². The van der Waals surface area contributed by atoms with Crippen LogP contribution in [0.25, 0.3) is 23.0 Å². The molecule has 3 aromatic rings. The molecule has 1 fully saturated rings. The van der Waals surface area contributed by atoms with Gasteiger partial charge >= 0.3 is 0 Å². The van der Waals surface area contributed by atoms with Crippen LogP contribution in [0.15, 0.2) is 71.3 Å². The summed E-state index contributed by atoms with van der Waals surface area (Å²) in [5, 5.41) is 4.78. The van der Waals surface area contributed by atoms with Crippen molar-refractivity contribution in [2.24, 2.45) is 0 Å². The van der Waals surface area contributed by atoms with E-state index < -0.39 is 0 Å². The maximum absolute atomic E-state index is 12.5. The van der Waals surface area contributed by atoms with Gasteiger partial charge in [-0.05, 0) is 30.3 Å². The van der Waals surface area contributed by atoms with Gasteiger partial charge in [-0.3, -0.25) is 4.79 Å². The van der Waals surface area contributed by atoms with Gasteiger partial charge < -0.3 is 9.64 Å². The van der Waals surface area contributed by atoms with Crippen LogP contribution in [0.5, 0.6) is 0 Å². The SMILES string of the molecule is O=C(/C=C\c1cn(-c2ccccc2)nc1-c1ccc(Br)cc1)N1CCOCC1. The second kappa shape index (κ2) is 8.54. The molecule has 6 heteroatoms. The van der Waals surface area contributed by atoms with Gasteiger partial charge in [0.2, 0.25) is 5.91 Å². The van der Waals surface area contributed by atoms with E-state index >= 15 is 0 Å². The van der Waals surface area contributed by atoms with Crippen molar-refractivity contribution in [1.82, 2.24) is 14.7 Å². The molecule has 28 heavy (non-hydrogen) atoms. The number of morpholine rings is 1. The molecule has 1 amide bonds. The summed E-state index contributed by atoms with van der Waals surface area (Å²) in [5.74, 6) is -0.00230. The first-order valence-corrected chi connectivity index (χ1v) is 9.96. The number of aromatic nitrogens is 2. The number of ether oxygens (including phenoxy) is 1. The summed E-state index contributed by atoms with van der Waals surface area (Å²) in [4.78, 5) is 14.3. The zero-order valence-corrected chi connectivity index (χ0v) is 16.9. The lowest BCUT2D eigenvalue weighted by molar-refractivity contribution is -0.129. The molecule has 0 bridgehead atoms. The standard InChI is InChI=1S/C22H20BrN3O2/c23-19-9-6-17(7-10-19)22-18(8-11-21(27)25-12-14-28-15-13-25)16-26(24-22)20-4-2-1-3-5-20/h1-11,16H,12-15H2/b11-8-. The van der Waals surface area contributed by atoms with E-state index in [4.69, 9.17) is 9.84 Å². The second-order valence-electron chi connectivity index (χ2n) is 6.49. The van der Waals surface area contributed by atoms with Crippen LogP contribution in [0.4, 0.5) is 0 Å². The van der Waals surface area contributed by atoms with E-state index in [1.165, 1.54) is 0 Å². The molecule has 0 saturated carbocycles. The third kappa shape index (κ3) is 4.24. The number of halogens is 1. The number of para-hydroxylation sites is 1. The number of hydrogen-bond acceptors (Lipinski definition) is 3. The minimum absolute atomic E-state index is 0.00230. The smallest absolute Gasteiger partial charge is 0.246 e. The highest BCUT2D eigenvalue weighted by molar-refractivity contribution is 9.10. The van der Waals surface area contributed by atoms with E-state index in [0.717, 1.165) is 27.0 Å². The molecule has 0 N–H and O–H groups in total. The molecule has 1 aliphatic heterocycles. The molecule has 1 aromatic heterocycles. The van der Waals surface area contributed by atoms with Gasteiger partial charge in [0.1, 0.15) is 0 Å². The van der Waals surface area contributed by atoms with Crippen molar-refractivity contribution in [3.05, 3.63) is 76.9 Å². The van der Waals surface area contributed by atoms with Crippen LogP contribution in [0, 0.1) is 0 Å². The molecule has 5 nitrogen and oxygen atoms in total. The highest BCUT2D eigenvalue weighted by Gasteiger charge is 2.15. The number of amides is 1. The van der Waals surface area contributed by atoms with Crippen molar-refractivity contribution in [2.75, 3.05) is 26.3 Å². The minimum atomic E-state index is -0.00230. The van der Waals surface area contributed by atoms with E-state index in [-0.39, 0.29) is 5.91 Å². The largest absolute Gasteiger partial charge is 0.378 e. The topological polar surface area (TPSA) is 47.4 Å². The maximum atomic E-state index is 12.5. The summed E-state index contributed by atoms with van der Waals surface area (Å²) >= 11 is 3.47. The predicted molar refractivity (Wildman–Crippen MR) is 113 cm³/mol. The first-order chi connectivity index (χ1) is 13.7. The van der Waals surface area contributed by atoms with E-state index in [1.807, 2.05) is 71.6 Å². The molecule has 0 unspecified atom stereocenters. The van der Waals surface area contributed by atoms with Crippen molar-refractivity contribution in [2.45, 2.75) is 0 Å². The minimum Gasteiger partial charge on any atom is -0.378 e. The van der Waals surface area contributed by atoms with Crippen LogP contribution in [-0.4, -0.2) is 46.9 Å². The molecule has 2 heterocycles. The van der Waals surface area contributed by atoms with Crippen LogP contribution in [-0.2, 0) is 9.53 Å². The predicted octanol–water partition coefficient (Wildman–Crippen LogP) is 4.17. The Morgan fingerprint density at radius 2 is 1.75 bits per heavy atom. The van der Waals surface area contributed by atoms with Crippen LogP contribution in [0.2, 0.25) is 0 Å². The number of carbonyl (C=O) groups is 1. The van der Waals surface area contributed by atoms with Crippen LogP contribution in [0.3, 0.4) is 0 Å². The van der Waals surface area contributed by atoms with Gasteiger partial charge in [-0.25, -0.2) is 4.68 Å². The fourth-order valence-electron chi connectivity index (χ4n) is 3.10. The molecule has 0 spiro atoms. The van der Waals surface area contributed by atoms with E-state index in [0.29, 0.717) is 26.3 Å². The molecule has 142 valence electrons. The van der Waals surface area contributed by atoms with Crippen LogP contribution >= 0.6 is 15.9 Å². The molecule has 4 rings (SSSR count). The van der Waals surface area contributed by atoms with E-state index in [9.17, 15) is 4.79 Å². The number of rotatable bonds is 4. The number of nitrogens with zero attached hydrogens (tertiary/aromatic N) is 3. The Bertz CT molecular complexity index is 975. The van der Waals surface area contributed by atoms with E-state index in [1.54, 1.807) is 11.0 Å². The molecule has 0 atom stereocenters. The second-order valence-corrected chi connectivity index (χ2v) is 7.41. The van der Waals surface area contributed by atoms with Gasteiger partial charge in [-0.15, -0.1) is 0 Å². The Kier molecular flexibility index (Phi) is 5.69. The van der Waals surface area contributed by atoms with Crippen molar-refractivity contribution < 1.29 is 9.53 Å². The lowest BCUT2D eigenvalue weighted by Gasteiger charge is -2.25. The Morgan fingerprint density at radius 1 is 1.04 bits per heavy atom. The zero-order valence-electron chi connectivity index (χ0n) is 15.3. The number of carbonyl (C=O) groups excluding carboxylic acids is 1. The summed E-state index contributed by atoms with van der Waals surface area (Å²) in [5.41, 5.74) is 3.70. The zero-order chi connectivity index (χ0) is 19.3. The average molecular weight is 438 g/mol. The van der Waals surface area contributed by atoms with Gasteiger partial charge in [-0.1, -0.05) is 46.3 Å². The summed E-state index contributed by atoms with van der Waals surface area (Å²) in [6.07, 6.45) is 5.43. The van der Waals surface area contributed by atoms with Crippen molar-refractivity contribution in [3.8, 4) is 16.9 Å². The summed E-state index contributed by atoms with van der Waals surface area (Å²) in [7, 11) is 0. The van der Waals surface area contributed by atoms with Crippen LogP contribution < -0.4 is 0 Å². The van der Waals surface area contributed by atoms with Crippen LogP contribution in [0.1, 0.15) is 5.56 Å². The van der Waals surface area contributed by atoms with Crippen molar-refractivity contribution in [3.63, 3.8) is 0 Å². The van der Waals surface area contributed by atoms with Crippen molar-refractivity contribution >= 4 is 27.9 Å². The molecule has 1 aliphatic rings. The van der Waals surface area contributed by atoms with Gasteiger partial charge in [0.05, 0.1) is 24.6 Å². The first kappa shape index (κ1) is 18.7. The monoisotopic (exact) mass is 437 g/mol. The fourth-order valence-corrected chi connectivity index (χ4v) is 3.37. The molecular formula is C22H20BrN3O2. The summed E-state index contributed by atoms with van der Waals surface area (Å²) in [6.45, 7) is 2.45. The highest BCUT2D eigenvalue weighted by Crippen LogP contribution is 2.26. The Hall–Kier alpha value is -2.70. The third-order valence-corrected chi connectivity index (χ3v) is 5.14. The first-order valence-electron chi connectivity index (χ1n) is 9.16. The molecule has 0 aliphatic carbocycles. The molecular weight excluding hydrogens is 418 g/mol. The lowest BCUT2D eigenvalue weighted by Crippen LogP contribution is -2.39. The maximum Gasteiger partial charge on any atom is 0.246 e. The van der Waals surface area contributed by atoms with Crippen molar-refractivity contribution in [1.29, 1.82) is 0 Å². The summed E-state index contributed by atoms with van der Waals surface area (Å²) < 4.78 is 8.17. The van der Waals surface area contributed by atoms with Gasteiger partial charge in [0.15, 0.2) is 0 Å². The lowest BCUT2D eigenvalue weighted by atomic mass is 10.1. The quantitative estimate of drug-likeness (QED) is 0.575. The van der Waals surface area contributed by atoms with Gasteiger partial charge in [0.25, 0.3) is 0 Å².